The van der Waals surface area contributed by atoms with Crippen LogP contribution in [0.3, 0.4) is 0 Å². The van der Waals surface area contributed by atoms with Crippen molar-refractivity contribution < 1.29 is 56.8 Å². The molecule has 2 fully saturated rings. The number of hydrogen-bond donors (Lipinski definition) is 0. The van der Waals surface area contributed by atoms with E-state index in [4.69, 9.17) is 41.2 Å². The van der Waals surface area contributed by atoms with Crippen LogP contribution in [0.2, 0.25) is 0 Å². The van der Waals surface area contributed by atoms with Crippen LogP contribution in [0.15, 0.2) is 93.5 Å². The van der Waals surface area contributed by atoms with Crippen molar-refractivity contribution in [3.63, 3.8) is 0 Å². The molecule has 76 heavy (non-hydrogen) atoms. The van der Waals surface area contributed by atoms with Crippen LogP contribution in [0.4, 0.5) is 0 Å². The van der Waals surface area contributed by atoms with Crippen molar-refractivity contribution in [2.75, 3.05) is 33.9 Å². The number of methoxy groups -OCH3 is 2. The number of quaternary nitrogens is 1. The summed E-state index contributed by atoms with van der Waals surface area (Å²) in [6.45, 7) is 17.0. The third-order valence-corrected chi connectivity index (χ3v) is 16.1. The number of carbonyl (C=O) groups excluding carboxylic acids is 4. The van der Waals surface area contributed by atoms with Gasteiger partial charge < -0.3 is 42.2 Å². The Kier molecular flexibility index (Phi) is 16.8. The van der Waals surface area contributed by atoms with Crippen LogP contribution < -0.4 is 24.4 Å². The van der Waals surface area contributed by atoms with Gasteiger partial charge in [0.25, 0.3) is 0 Å². The van der Waals surface area contributed by atoms with Crippen LogP contribution in [0.5, 0.6) is 23.0 Å². The van der Waals surface area contributed by atoms with Crippen molar-refractivity contribution in [1.29, 1.82) is 0 Å². The van der Waals surface area contributed by atoms with Gasteiger partial charge in [0.2, 0.25) is 11.5 Å². The highest BCUT2D eigenvalue weighted by atomic mass is 32.2. The number of nitrogens with zero attached hydrogens (tertiary/aromatic N) is 5. The number of β-lactam (4-membered cyclic amide) rings is 1. The van der Waals surface area contributed by atoms with Crippen molar-refractivity contribution in [2.24, 2.45) is 11.1 Å². The van der Waals surface area contributed by atoms with Crippen molar-refractivity contribution >= 4 is 71.4 Å². The molecule has 2 radical (unpaired) electrons. The average molecular weight is 1080 g/mol. The van der Waals surface area contributed by atoms with Crippen molar-refractivity contribution in [3.8, 4) is 23.0 Å². The second-order valence-corrected chi connectivity index (χ2v) is 23.4. The molecule has 5 heterocycles. The topological polar surface area (TPSA) is 183 Å². The van der Waals surface area contributed by atoms with Gasteiger partial charge >= 0.3 is 20.0 Å². The van der Waals surface area contributed by atoms with Crippen LogP contribution in [0.25, 0.3) is 10.9 Å². The molecule has 0 N–H and O–H groups in total. The average Bonchev–Trinajstić information content (AvgIpc) is 4.10. The van der Waals surface area contributed by atoms with Gasteiger partial charge in [-0.2, -0.15) is 0 Å². The maximum absolute atomic E-state index is 15.0. The fraction of sp³-hybridized carbons (Fsp3) is 0.446. The zero-order valence-corrected chi connectivity index (χ0v) is 46.4. The molecular formula is C56H65BN5O12S2+. The molecule has 3 aliphatic heterocycles. The minimum Gasteiger partial charge on any atom is -0.539 e. The summed E-state index contributed by atoms with van der Waals surface area (Å²) >= 11 is 2.77. The zero-order chi connectivity index (χ0) is 54.7. The van der Waals surface area contributed by atoms with E-state index in [1.807, 2.05) is 79.2 Å². The molecule has 2 saturated heterocycles. The van der Waals surface area contributed by atoms with Gasteiger partial charge in [-0.25, -0.2) is 14.6 Å². The molecule has 17 nitrogen and oxygen atoms in total. The molecule has 3 aliphatic rings. The molecule has 8 rings (SSSR count). The third-order valence-electron chi connectivity index (χ3n) is 13.8. The van der Waals surface area contributed by atoms with E-state index in [0.29, 0.717) is 75.8 Å². The van der Waals surface area contributed by atoms with Crippen molar-refractivity contribution in [2.45, 2.75) is 123 Å². The molecule has 0 saturated carbocycles. The first-order valence-corrected chi connectivity index (χ1v) is 27.1. The predicted octanol–water partition coefficient (Wildman–Crippen LogP) is 8.37. The van der Waals surface area contributed by atoms with Crippen LogP contribution in [-0.4, -0.2) is 112 Å². The van der Waals surface area contributed by atoms with Crippen molar-refractivity contribution in [1.82, 2.24) is 14.5 Å². The Labute approximate surface area is 452 Å². The Balaban J connectivity index is 1.08. The van der Waals surface area contributed by atoms with E-state index < -0.39 is 46.1 Å². The molecule has 2 aromatic heterocycles. The minimum atomic E-state index is -1.56. The van der Waals surface area contributed by atoms with Gasteiger partial charge in [-0.3, -0.25) is 19.3 Å². The monoisotopic (exact) mass is 1070 g/mol. The largest absolute Gasteiger partial charge is 0.539 e. The van der Waals surface area contributed by atoms with Crippen LogP contribution in [0.1, 0.15) is 95.1 Å². The van der Waals surface area contributed by atoms with Crippen LogP contribution in [0, 0.1) is 12.8 Å². The van der Waals surface area contributed by atoms with Gasteiger partial charge in [-0.1, -0.05) is 29.4 Å². The lowest BCUT2D eigenvalue weighted by Gasteiger charge is -2.52. The van der Waals surface area contributed by atoms with Gasteiger partial charge in [0, 0.05) is 54.3 Å². The smallest absolute Gasteiger partial charge is 0.378 e. The molecule has 3 atom stereocenters. The quantitative estimate of drug-likeness (QED) is 0.0171. The van der Waals surface area contributed by atoms with Gasteiger partial charge in [0.05, 0.1) is 60.1 Å². The first kappa shape index (κ1) is 55.6. The van der Waals surface area contributed by atoms with Gasteiger partial charge in [-0.15, -0.1) is 23.1 Å². The zero-order valence-electron chi connectivity index (χ0n) is 44.8. The maximum atomic E-state index is 15.0. The highest BCUT2D eigenvalue weighted by molar-refractivity contribution is 8.00. The van der Waals surface area contributed by atoms with E-state index in [1.54, 1.807) is 53.4 Å². The summed E-state index contributed by atoms with van der Waals surface area (Å²) in [6, 6.07) is 18.8. The molecule has 3 aromatic carbocycles. The molecule has 400 valence electrons. The highest BCUT2D eigenvalue weighted by Gasteiger charge is 2.57. The van der Waals surface area contributed by atoms with E-state index in [-0.39, 0.29) is 47.4 Å². The summed E-state index contributed by atoms with van der Waals surface area (Å²) in [4.78, 5) is 82.0. The number of carbonyl (C=O) groups is 4. The Morgan fingerprint density at radius 2 is 1.49 bits per heavy atom. The number of ether oxygens (including phenoxy) is 5. The second kappa shape index (κ2) is 22.9. The lowest BCUT2D eigenvalue weighted by Crippen LogP contribution is -2.63. The van der Waals surface area contributed by atoms with E-state index >= 15 is 0 Å². The summed E-state index contributed by atoms with van der Waals surface area (Å²) in [6.07, 6.45) is 3.41. The molecular weight excluding hydrogens is 1010 g/mol. The number of thioether (sulfide) groups is 1. The Bertz CT molecular complexity index is 3120. The summed E-state index contributed by atoms with van der Waals surface area (Å²) in [5.41, 5.74) is 1.39. The Morgan fingerprint density at radius 1 is 0.882 bits per heavy atom. The Hall–Kier alpha value is -6.64. The number of pyridine rings is 1. The maximum Gasteiger partial charge on any atom is 0.378 e. The summed E-state index contributed by atoms with van der Waals surface area (Å²) in [7, 11) is 8.85. The van der Waals surface area contributed by atoms with Crippen LogP contribution >= 0.6 is 23.1 Å². The summed E-state index contributed by atoms with van der Waals surface area (Å²) in [5.74, 6) is -1.03. The number of aryl methyl sites for hydroxylation is 2. The van der Waals surface area contributed by atoms with E-state index in [1.165, 1.54) is 41.8 Å². The van der Waals surface area contributed by atoms with E-state index in [0.717, 1.165) is 35.5 Å². The van der Waals surface area contributed by atoms with Crippen molar-refractivity contribution in [3.05, 3.63) is 121 Å². The number of benzene rings is 3. The fourth-order valence-electron chi connectivity index (χ4n) is 9.76. The summed E-state index contributed by atoms with van der Waals surface area (Å²) in [5, 5.41) is 6.04. The summed E-state index contributed by atoms with van der Waals surface area (Å²) < 4.78 is 36.5. The number of Topliss-reactive ketones (excluding diaryl/α,β-unsaturated/α-hetero) is 1. The number of amides is 1. The van der Waals surface area contributed by atoms with Crippen LogP contribution in [-0.2, 0) is 59.7 Å². The first-order chi connectivity index (χ1) is 36.2. The number of oxime groups is 1. The molecule has 0 bridgehead atoms. The SMILES string of the molecule is [B]OC(=O)C1=C(C[N+]2(Cc3cn(CC)c4cc(OCc5ccc(OC)cc5)c(OCc5ccc(OC)cc5)cc4c3=O)CCCC2)[C@H](C)S[C@@H]2[C@H](CC(=O)/C(=N\OC(C)(C)C(=O)OC(C)(C)C)c3csc(C)n3)C(=O)N12. The number of fused-ring (bicyclic) bond motifs is 2. The number of ketones is 1. The minimum absolute atomic E-state index is 0.0496. The lowest BCUT2D eigenvalue weighted by atomic mass is 9.88. The molecule has 1 amide bonds. The lowest BCUT2D eigenvalue weighted by molar-refractivity contribution is -0.925. The first-order valence-electron chi connectivity index (χ1n) is 25.3. The fourth-order valence-corrected chi connectivity index (χ4v) is 11.9. The highest BCUT2D eigenvalue weighted by Crippen LogP contribution is 2.49. The van der Waals surface area contributed by atoms with E-state index in [9.17, 15) is 24.0 Å². The molecule has 0 spiro atoms. The number of thiazole rings is 1. The van der Waals surface area contributed by atoms with Gasteiger partial charge in [0.1, 0.15) is 54.8 Å². The number of likely N-dealkylation sites (tertiary alicyclic amines) is 1. The number of esters is 1. The second-order valence-electron chi connectivity index (χ2n) is 20.9. The molecule has 20 heteroatoms. The molecule has 0 aliphatic carbocycles. The normalized spacial score (nSPS) is 18.4. The van der Waals surface area contributed by atoms with E-state index in [2.05, 4.69) is 10.1 Å². The molecule has 5 aromatic rings. The molecule has 0 unspecified atom stereocenters. The number of rotatable bonds is 21. The predicted molar refractivity (Wildman–Crippen MR) is 290 cm³/mol. The number of aromatic nitrogens is 2. The standard InChI is InChI=1S/C56H65BN5O12S2/c1-11-60-27-37(50(64)40-25-46(70-30-35-14-18-38(68-9)19-15-35)47(26-44(40)60)71-31-36-16-20-39(69-10)21-17-36)28-62(22-12-13-23-62)29-42-33(2)76-52-41(51(65)61(52)49(42)53(66)73-57)24-45(63)48(43-32-75-34(3)58-43)59-74-56(7,8)54(67)72-55(4,5)6/h14-21,25-27,32-33,41,52H,11-13,22-24,28-31H2,1-10H3/q+1/b59-48-/t33-,41+,52+/m0/s1. The number of hydrogen-bond acceptors (Lipinski definition) is 16. The Morgan fingerprint density at radius 3 is 2.03 bits per heavy atom. The van der Waals surface area contributed by atoms with Gasteiger partial charge in [-0.05, 0) is 96.8 Å². The van der Waals surface area contributed by atoms with Gasteiger partial charge in [0.15, 0.2) is 28.4 Å². The third kappa shape index (κ3) is 12.1.